The van der Waals surface area contributed by atoms with Crippen LogP contribution in [0.4, 0.5) is 4.79 Å². The molecule has 3 N–H and O–H groups in total. The van der Waals surface area contributed by atoms with Gasteiger partial charge >= 0.3 is 6.09 Å². The van der Waals surface area contributed by atoms with E-state index in [2.05, 4.69) is 5.32 Å². The first-order valence-electron chi connectivity index (χ1n) is 5.38. The van der Waals surface area contributed by atoms with Crippen molar-refractivity contribution in [3.63, 3.8) is 0 Å². The lowest BCUT2D eigenvalue weighted by molar-refractivity contribution is 0.149. The Morgan fingerprint density at radius 3 is 2.86 bits per heavy atom. The SMILES string of the molecule is CCOC(=O)NCC1CCCC1CN. The van der Waals surface area contributed by atoms with Crippen LogP contribution >= 0.6 is 0 Å². The van der Waals surface area contributed by atoms with Crippen LogP contribution in [0.25, 0.3) is 0 Å². The van der Waals surface area contributed by atoms with E-state index in [9.17, 15) is 4.79 Å². The number of hydrogen-bond acceptors (Lipinski definition) is 3. The average molecular weight is 200 g/mol. The second-order valence-corrected chi connectivity index (χ2v) is 3.79. The molecule has 4 heteroatoms. The summed E-state index contributed by atoms with van der Waals surface area (Å²) in [5.74, 6) is 1.13. The van der Waals surface area contributed by atoms with Crippen molar-refractivity contribution in [1.82, 2.24) is 5.32 Å². The first-order valence-corrected chi connectivity index (χ1v) is 5.38. The first-order chi connectivity index (χ1) is 6.77. The molecule has 0 saturated heterocycles. The second-order valence-electron chi connectivity index (χ2n) is 3.79. The van der Waals surface area contributed by atoms with Crippen molar-refractivity contribution >= 4 is 6.09 Å². The Hall–Kier alpha value is -0.770. The topological polar surface area (TPSA) is 64.3 Å². The molecule has 2 unspecified atom stereocenters. The molecule has 14 heavy (non-hydrogen) atoms. The maximum absolute atomic E-state index is 11.0. The zero-order valence-electron chi connectivity index (χ0n) is 8.79. The summed E-state index contributed by atoms with van der Waals surface area (Å²) in [7, 11) is 0. The summed E-state index contributed by atoms with van der Waals surface area (Å²) in [6.07, 6.45) is 3.30. The summed E-state index contributed by atoms with van der Waals surface area (Å²) in [5, 5.41) is 2.77. The molecule has 82 valence electrons. The summed E-state index contributed by atoms with van der Waals surface area (Å²) in [6, 6.07) is 0. The highest BCUT2D eigenvalue weighted by Gasteiger charge is 2.26. The van der Waals surface area contributed by atoms with E-state index in [-0.39, 0.29) is 6.09 Å². The Kier molecular flexibility index (Phi) is 4.73. The molecular formula is C10H20N2O2. The van der Waals surface area contributed by atoms with Crippen LogP contribution in [-0.4, -0.2) is 25.8 Å². The molecule has 0 bridgehead atoms. The Labute approximate surface area is 85.2 Å². The second kappa shape index (κ2) is 5.86. The minimum absolute atomic E-state index is 0.310. The van der Waals surface area contributed by atoms with E-state index in [0.29, 0.717) is 25.0 Å². The van der Waals surface area contributed by atoms with Crippen LogP contribution in [-0.2, 0) is 4.74 Å². The summed E-state index contributed by atoms with van der Waals surface area (Å²) in [4.78, 5) is 11.0. The molecule has 0 aromatic heterocycles. The molecule has 1 saturated carbocycles. The minimum Gasteiger partial charge on any atom is -0.450 e. The van der Waals surface area contributed by atoms with Crippen molar-refractivity contribution in [2.75, 3.05) is 19.7 Å². The third-order valence-electron chi connectivity index (χ3n) is 2.90. The van der Waals surface area contributed by atoms with Gasteiger partial charge in [-0.05, 0) is 38.1 Å². The number of ether oxygens (including phenoxy) is 1. The van der Waals surface area contributed by atoms with Crippen LogP contribution in [0, 0.1) is 11.8 Å². The molecule has 0 aliphatic heterocycles. The lowest BCUT2D eigenvalue weighted by Gasteiger charge is -2.17. The van der Waals surface area contributed by atoms with E-state index in [0.717, 1.165) is 6.54 Å². The van der Waals surface area contributed by atoms with E-state index in [1.165, 1.54) is 19.3 Å². The van der Waals surface area contributed by atoms with Crippen LogP contribution in [0.2, 0.25) is 0 Å². The van der Waals surface area contributed by atoms with Crippen molar-refractivity contribution in [3.05, 3.63) is 0 Å². The highest BCUT2D eigenvalue weighted by molar-refractivity contribution is 5.67. The van der Waals surface area contributed by atoms with Gasteiger partial charge in [-0.15, -0.1) is 0 Å². The number of nitrogens with two attached hydrogens (primary N) is 1. The third kappa shape index (κ3) is 3.18. The molecule has 1 fully saturated rings. The largest absolute Gasteiger partial charge is 0.450 e. The van der Waals surface area contributed by atoms with Crippen LogP contribution in [0.15, 0.2) is 0 Å². The number of rotatable bonds is 4. The molecular weight excluding hydrogens is 180 g/mol. The number of hydrogen-bond donors (Lipinski definition) is 2. The molecule has 0 spiro atoms. The highest BCUT2D eigenvalue weighted by atomic mass is 16.5. The van der Waals surface area contributed by atoms with Crippen molar-refractivity contribution in [2.24, 2.45) is 17.6 Å². The molecule has 1 rings (SSSR count). The van der Waals surface area contributed by atoms with E-state index < -0.39 is 0 Å². The number of carbonyl (C=O) groups excluding carboxylic acids is 1. The summed E-state index contributed by atoms with van der Waals surface area (Å²) in [6.45, 7) is 3.67. The monoisotopic (exact) mass is 200 g/mol. The molecule has 1 aliphatic rings. The molecule has 0 aromatic rings. The normalized spacial score (nSPS) is 26.1. The minimum atomic E-state index is -0.310. The molecule has 0 radical (unpaired) electrons. The zero-order valence-corrected chi connectivity index (χ0v) is 8.79. The Bertz CT molecular complexity index is 185. The van der Waals surface area contributed by atoms with E-state index >= 15 is 0 Å². The number of nitrogens with one attached hydrogen (secondary N) is 1. The maximum atomic E-state index is 11.0. The lowest BCUT2D eigenvalue weighted by Crippen LogP contribution is -2.33. The van der Waals surface area contributed by atoms with Crippen LogP contribution in [0.1, 0.15) is 26.2 Å². The standard InChI is InChI=1S/C10H20N2O2/c1-2-14-10(13)12-7-9-5-3-4-8(9)6-11/h8-9H,2-7,11H2,1H3,(H,12,13). The Balaban J connectivity index is 2.20. The number of carbonyl (C=O) groups is 1. The molecule has 4 nitrogen and oxygen atoms in total. The third-order valence-corrected chi connectivity index (χ3v) is 2.90. The molecule has 1 amide bonds. The number of amides is 1. The lowest BCUT2D eigenvalue weighted by atomic mass is 9.96. The van der Waals surface area contributed by atoms with Gasteiger partial charge in [-0.1, -0.05) is 6.42 Å². The fraction of sp³-hybridized carbons (Fsp3) is 0.900. The maximum Gasteiger partial charge on any atom is 0.407 e. The van der Waals surface area contributed by atoms with Crippen LogP contribution in [0.3, 0.4) is 0 Å². The van der Waals surface area contributed by atoms with E-state index in [1.54, 1.807) is 6.92 Å². The van der Waals surface area contributed by atoms with Crippen LogP contribution in [0.5, 0.6) is 0 Å². The van der Waals surface area contributed by atoms with E-state index in [1.807, 2.05) is 0 Å². The fourth-order valence-corrected chi connectivity index (χ4v) is 2.09. The average Bonchev–Trinajstić information content (AvgIpc) is 2.62. The van der Waals surface area contributed by atoms with Gasteiger partial charge in [0, 0.05) is 6.54 Å². The summed E-state index contributed by atoms with van der Waals surface area (Å²) in [5.41, 5.74) is 5.65. The first kappa shape index (κ1) is 11.3. The predicted molar refractivity (Wildman–Crippen MR) is 54.9 cm³/mol. The van der Waals surface area contributed by atoms with Gasteiger partial charge in [-0.3, -0.25) is 0 Å². The van der Waals surface area contributed by atoms with Gasteiger partial charge in [0.25, 0.3) is 0 Å². The predicted octanol–water partition coefficient (Wildman–Crippen LogP) is 1.11. The quantitative estimate of drug-likeness (QED) is 0.714. The van der Waals surface area contributed by atoms with Gasteiger partial charge in [0.2, 0.25) is 0 Å². The molecule has 0 aromatic carbocycles. The van der Waals surface area contributed by atoms with E-state index in [4.69, 9.17) is 10.5 Å². The fourth-order valence-electron chi connectivity index (χ4n) is 2.09. The van der Waals surface area contributed by atoms with Gasteiger partial charge in [-0.2, -0.15) is 0 Å². The number of alkyl carbamates (subject to hydrolysis) is 1. The Morgan fingerprint density at radius 2 is 2.21 bits per heavy atom. The van der Waals surface area contributed by atoms with Gasteiger partial charge in [-0.25, -0.2) is 4.79 Å². The highest BCUT2D eigenvalue weighted by Crippen LogP contribution is 2.30. The zero-order chi connectivity index (χ0) is 10.4. The van der Waals surface area contributed by atoms with Crippen molar-refractivity contribution in [3.8, 4) is 0 Å². The van der Waals surface area contributed by atoms with Gasteiger partial charge < -0.3 is 15.8 Å². The smallest absolute Gasteiger partial charge is 0.407 e. The van der Waals surface area contributed by atoms with Gasteiger partial charge in [0.05, 0.1) is 6.61 Å². The molecule has 2 atom stereocenters. The summed E-state index contributed by atoms with van der Waals surface area (Å²) < 4.78 is 4.79. The summed E-state index contributed by atoms with van der Waals surface area (Å²) >= 11 is 0. The van der Waals surface area contributed by atoms with Crippen molar-refractivity contribution < 1.29 is 9.53 Å². The van der Waals surface area contributed by atoms with Crippen molar-refractivity contribution in [1.29, 1.82) is 0 Å². The Morgan fingerprint density at radius 1 is 1.50 bits per heavy atom. The van der Waals surface area contributed by atoms with Gasteiger partial charge in [0.15, 0.2) is 0 Å². The van der Waals surface area contributed by atoms with Crippen molar-refractivity contribution in [2.45, 2.75) is 26.2 Å². The van der Waals surface area contributed by atoms with Crippen LogP contribution < -0.4 is 11.1 Å². The van der Waals surface area contributed by atoms with Gasteiger partial charge in [0.1, 0.15) is 0 Å². The molecule has 1 aliphatic carbocycles. The molecule has 0 heterocycles.